The number of benzene rings is 2. The van der Waals surface area contributed by atoms with Gasteiger partial charge in [0.1, 0.15) is 18.2 Å². The summed E-state index contributed by atoms with van der Waals surface area (Å²) in [6, 6.07) is 12.1. The van der Waals surface area contributed by atoms with Crippen molar-refractivity contribution in [2.45, 2.75) is 13.5 Å². The van der Waals surface area contributed by atoms with Crippen LogP contribution in [0.25, 0.3) is 0 Å². The number of rotatable bonds is 3. The zero-order valence-corrected chi connectivity index (χ0v) is 11.9. The molecular weight excluding hydrogens is 309 g/mol. The van der Waals surface area contributed by atoms with Gasteiger partial charge in [0.2, 0.25) is 0 Å². The van der Waals surface area contributed by atoms with Crippen molar-refractivity contribution in [3.63, 3.8) is 0 Å². The van der Waals surface area contributed by atoms with Crippen LogP contribution in [0.15, 0.2) is 40.9 Å². The van der Waals surface area contributed by atoms with E-state index in [0.717, 1.165) is 11.1 Å². The maximum absolute atomic E-state index is 13.1. The molecular formula is C15H11BrFNO. The van der Waals surface area contributed by atoms with E-state index in [1.807, 2.05) is 19.1 Å². The molecule has 0 aliphatic heterocycles. The van der Waals surface area contributed by atoms with E-state index in [9.17, 15) is 4.39 Å². The first-order valence-corrected chi connectivity index (χ1v) is 6.47. The summed E-state index contributed by atoms with van der Waals surface area (Å²) in [6.45, 7) is 2.32. The van der Waals surface area contributed by atoms with Gasteiger partial charge in [0.05, 0.1) is 16.1 Å². The van der Waals surface area contributed by atoms with Gasteiger partial charge < -0.3 is 4.74 Å². The van der Waals surface area contributed by atoms with Crippen LogP contribution in [0.4, 0.5) is 4.39 Å². The highest BCUT2D eigenvalue weighted by Gasteiger charge is 2.04. The van der Waals surface area contributed by atoms with Crippen molar-refractivity contribution in [3.05, 3.63) is 63.4 Å². The van der Waals surface area contributed by atoms with Crippen LogP contribution in [-0.2, 0) is 6.61 Å². The molecule has 19 heavy (non-hydrogen) atoms. The first-order chi connectivity index (χ1) is 9.10. The zero-order chi connectivity index (χ0) is 13.8. The average Bonchev–Trinajstić information content (AvgIpc) is 2.41. The Labute approximate surface area is 119 Å². The summed E-state index contributed by atoms with van der Waals surface area (Å²) in [5.41, 5.74) is 2.63. The second-order valence-corrected chi connectivity index (χ2v) is 4.97. The standard InChI is InChI=1S/C15H11BrFNO/c1-10-6-11(8-18)2-3-12(10)9-19-13-4-5-15(17)14(16)7-13/h2-7H,9H2,1H3. The summed E-state index contributed by atoms with van der Waals surface area (Å²) in [6.07, 6.45) is 0. The Balaban J connectivity index is 2.10. The van der Waals surface area contributed by atoms with Crippen LogP contribution in [0.5, 0.6) is 5.75 Å². The predicted molar refractivity (Wildman–Crippen MR) is 74.3 cm³/mol. The minimum Gasteiger partial charge on any atom is -0.489 e. The molecule has 0 radical (unpaired) electrons. The topological polar surface area (TPSA) is 33.0 Å². The molecule has 4 heteroatoms. The molecule has 0 N–H and O–H groups in total. The van der Waals surface area contributed by atoms with E-state index in [4.69, 9.17) is 10.00 Å². The number of hydrogen-bond acceptors (Lipinski definition) is 2. The summed E-state index contributed by atoms with van der Waals surface area (Å²) >= 11 is 3.11. The van der Waals surface area contributed by atoms with Crippen LogP contribution in [0.2, 0.25) is 0 Å². The van der Waals surface area contributed by atoms with Crippen molar-refractivity contribution in [3.8, 4) is 11.8 Å². The molecule has 96 valence electrons. The van der Waals surface area contributed by atoms with E-state index in [-0.39, 0.29) is 5.82 Å². The number of nitriles is 1. The van der Waals surface area contributed by atoms with Crippen LogP contribution >= 0.6 is 15.9 Å². The van der Waals surface area contributed by atoms with Crippen LogP contribution in [-0.4, -0.2) is 0 Å². The highest BCUT2D eigenvalue weighted by atomic mass is 79.9. The second kappa shape index (κ2) is 5.85. The Morgan fingerprint density at radius 3 is 2.68 bits per heavy atom. The Kier molecular flexibility index (Phi) is 4.18. The summed E-state index contributed by atoms with van der Waals surface area (Å²) in [5, 5.41) is 8.80. The average molecular weight is 320 g/mol. The summed E-state index contributed by atoms with van der Waals surface area (Å²) in [7, 11) is 0. The van der Waals surface area contributed by atoms with E-state index in [1.54, 1.807) is 18.2 Å². The molecule has 0 heterocycles. The molecule has 2 aromatic rings. The monoisotopic (exact) mass is 319 g/mol. The fraction of sp³-hybridized carbons (Fsp3) is 0.133. The van der Waals surface area contributed by atoms with Crippen LogP contribution in [0.3, 0.4) is 0 Å². The third kappa shape index (κ3) is 3.33. The first kappa shape index (κ1) is 13.6. The van der Waals surface area contributed by atoms with Gasteiger partial charge in [-0.1, -0.05) is 6.07 Å². The quantitative estimate of drug-likeness (QED) is 0.842. The van der Waals surface area contributed by atoms with Crippen LogP contribution in [0.1, 0.15) is 16.7 Å². The van der Waals surface area contributed by atoms with Gasteiger partial charge in [-0.2, -0.15) is 5.26 Å². The predicted octanol–water partition coefficient (Wildman–Crippen LogP) is 4.35. The molecule has 0 amide bonds. The molecule has 0 atom stereocenters. The molecule has 0 fully saturated rings. The van der Waals surface area contributed by atoms with Gasteiger partial charge in [0.15, 0.2) is 0 Å². The molecule has 2 nitrogen and oxygen atoms in total. The normalized spacial score (nSPS) is 10.0. The fourth-order valence-electron chi connectivity index (χ4n) is 1.66. The maximum Gasteiger partial charge on any atom is 0.137 e. The van der Waals surface area contributed by atoms with Gasteiger partial charge in [0, 0.05) is 0 Å². The number of aryl methyl sites for hydroxylation is 1. The van der Waals surface area contributed by atoms with Crippen molar-refractivity contribution in [1.82, 2.24) is 0 Å². The minimum absolute atomic E-state index is 0.318. The number of ether oxygens (including phenoxy) is 1. The maximum atomic E-state index is 13.1. The van der Waals surface area contributed by atoms with E-state index in [2.05, 4.69) is 22.0 Å². The van der Waals surface area contributed by atoms with Crippen molar-refractivity contribution >= 4 is 15.9 Å². The van der Waals surface area contributed by atoms with E-state index >= 15 is 0 Å². The minimum atomic E-state index is -0.318. The summed E-state index contributed by atoms with van der Waals surface area (Å²) < 4.78 is 19.1. The highest BCUT2D eigenvalue weighted by Crippen LogP contribution is 2.23. The largest absolute Gasteiger partial charge is 0.489 e. The lowest BCUT2D eigenvalue weighted by molar-refractivity contribution is 0.304. The van der Waals surface area contributed by atoms with Crippen molar-refractivity contribution in [2.75, 3.05) is 0 Å². The Hall–Kier alpha value is -1.86. The molecule has 2 rings (SSSR count). The van der Waals surface area contributed by atoms with Crippen molar-refractivity contribution in [2.24, 2.45) is 0 Å². The highest BCUT2D eigenvalue weighted by molar-refractivity contribution is 9.10. The Morgan fingerprint density at radius 2 is 2.05 bits per heavy atom. The second-order valence-electron chi connectivity index (χ2n) is 4.12. The third-order valence-electron chi connectivity index (χ3n) is 2.76. The van der Waals surface area contributed by atoms with Crippen LogP contribution < -0.4 is 4.74 Å². The van der Waals surface area contributed by atoms with Gasteiger partial charge in [-0.05, 0) is 64.3 Å². The molecule has 0 spiro atoms. The van der Waals surface area contributed by atoms with Gasteiger partial charge in [0.25, 0.3) is 0 Å². The molecule has 0 aliphatic rings. The molecule has 0 unspecified atom stereocenters. The molecule has 0 bridgehead atoms. The van der Waals surface area contributed by atoms with Gasteiger partial charge in [-0.15, -0.1) is 0 Å². The summed E-state index contributed by atoms with van der Waals surface area (Å²) in [5.74, 6) is 0.277. The third-order valence-corrected chi connectivity index (χ3v) is 3.36. The lowest BCUT2D eigenvalue weighted by Gasteiger charge is -2.09. The molecule has 0 aromatic heterocycles. The van der Waals surface area contributed by atoms with Gasteiger partial charge >= 0.3 is 0 Å². The zero-order valence-electron chi connectivity index (χ0n) is 10.3. The molecule has 0 aliphatic carbocycles. The fourth-order valence-corrected chi connectivity index (χ4v) is 2.01. The Bertz CT molecular complexity index is 649. The summed E-state index contributed by atoms with van der Waals surface area (Å²) in [4.78, 5) is 0. The SMILES string of the molecule is Cc1cc(C#N)ccc1COc1ccc(F)c(Br)c1. The molecule has 0 saturated carbocycles. The molecule has 2 aromatic carbocycles. The smallest absolute Gasteiger partial charge is 0.137 e. The van der Waals surface area contributed by atoms with E-state index in [0.29, 0.717) is 22.4 Å². The van der Waals surface area contributed by atoms with Crippen molar-refractivity contribution in [1.29, 1.82) is 5.26 Å². The van der Waals surface area contributed by atoms with Crippen molar-refractivity contribution < 1.29 is 9.13 Å². The first-order valence-electron chi connectivity index (χ1n) is 5.67. The molecule has 0 saturated heterocycles. The van der Waals surface area contributed by atoms with Gasteiger partial charge in [-0.25, -0.2) is 4.39 Å². The van der Waals surface area contributed by atoms with E-state index < -0.39 is 0 Å². The number of halogens is 2. The van der Waals surface area contributed by atoms with Crippen LogP contribution in [0, 0.1) is 24.1 Å². The number of nitrogens with zero attached hydrogens (tertiary/aromatic N) is 1. The van der Waals surface area contributed by atoms with E-state index in [1.165, 1.54) is 6.07 Å². The lowest BCUT2D eigenvalue weighted by Crippen LogP contribution is -1.98. The number of hydrogen-bond donors (Lipinski definition) is 0. The Morgan fingerprint density at radius 1 is 1.26 bits per heavy atom. The lowest BCUT2D eigenvalue weighted by atomic mass is 10.1. The van der Waals surface area contributed by atoms with Gasteiger partial charge in [-0.3, -0.25) is 0 Å².